The highest BCUT2D eigenvalue weighted by atomic mass is 16.5. The molecule has 5 aliphatic carbocycles. The monoisotopic (exact) mass is 580 g/mol. The molecule has 0 amide bonds. The van der Waals surface area contributed by atoms with E-state index in [-0.39, 0.29) is 40.7 Å². The van der Waals surface area contributed by atoms with Gasteiger partial charge in [0.05, 0.1) is 18.9 Å². The number of carbonyl (C=O) groups excluding carboxylic acids is 2. The van der Waals surface area contributed by atoms with Crippen LogP contribution in [0.4, 0.5) is 0 Å². The molecule has 0 aromatic carbocycles. The maximum Gasteiger partial charge on any atom is 0.311 e. The van der Waals surface area contributed by atoms with Gasteiger partial charge in [0.2, 0.25) is 0 Å². The summed E-state index contributed by atoms with van der Waals surface area (Å²) in [5, 5.41) is 0. The lowest BCUT2D eigenvalue weighted by molar-refractivity contribution is -0.248. The Morgan fingerprint density at radius 1 is 0.881 bits per heavy atom. The van der Waals surface area contributed by atoms with E-state index in [1.807, 2.05) is 0 Å². The Hall–Kier alpha value is -1.50. The predicted octanol–water partition coefficient (Wildman–Crippen LogP) is 8.86. The summed E-state index contributed by atoms with van der Waals surface area (Å²) >= 11 is 0. The standard InChI is InChI=1S/C38H60O4/c1-12-38-20-15-25(24(2)3)31(38)26-13-14-28-35(8)18-17-29(42-30(39)23-33(4,5)32(40)41-11)34(6,7)27(35)16-19-37(28,10)36(26,9)21-22-38/h1,24-29,31H,13-23H2,2-11H3/t25?,26?,27?,28?,29-,31?,35-,36+,37+,38+/m0/s1. The van der Waals surface area contributed by atoms with Crippen LogP contribution in [0.5, 0.6) is 0 Å². The third-order valence-corrected chi connectivity index (χ3v) is 15.2. The number of ether oxygens (including phenoxy) is 2. The largest absolute Gasteiger partial charge is 0.469 e. The van der Waals surface area contributed by atoms with E-state index in [0.29, 0.717) is 34.5 Å². The van der Waals surface area contributed by atoms with Gasteiger partial charge in [-0.25, -0.2) is 0 Å². The van der Waals surface area contributed by atoms with Crippen molar-refractivity contribution in [2.75, 3.05) is 7.11 Å². The number of hydrogen-bond donors (Lipinski definition) is 0. The zero-order valence-corrected chi connectivity index (χ0v) is 28.5. The molecule has 4 heteroatoms. The van der Waals surface area contributed by atoms with Crippen molar-refractivity contribution >= 4 is 11.9 Å². The summed E-state index contributed by atoms with van der Waals surface area (Å²) in [4.78, 5) is 25.3. The van der Waals surface area contributed by atoms with E-state index in [0.717, 1.165) is 24.7 Å². The summed E-state index contributed by atoms with van der Waals surface area (Å²) in [7, 11) is 1.38. The van der Waals surface area contributed by atoms with Crippen molar-refractivity contribution in [3.8, 4) is 12.3 Å². The summed E-state index contributed by atoms with van der Waals surface area (Å²) in [6.45, 7) is 21.1. The number of methoxy groups -OCH3 is 1. The summed E-state index contributed by atoms with van der Waals surface area (Å²) in [6.07, 6.45) is 18.4. The van der Waals surface area contributed by atoms with Crippen LogP contribution in [0.3, 0.4) is 0 Å². The van der Waals surface area contributed by atoms with Gasteiger partial charge in [0, 0.05) is 10.8 Å². The first-order valence-electron chi connectivity index (χ1n) is 17.2. The Morgan fingerprint density at radius 3 is 2.19 bits per heavy atom. The molecule has 10 atom stereocenters. The van der Waals surface area contributed by atoms with Crippen LogP contribution in [0, 0.1) is 80.3 Å². The van der Waals surface area contributed by atoms with Gasteiger partial charge in [-0.3, -0.25) is 9.59 Å². The van der Waals surface area contributed by atoms with Crippen molar-refractivity contribution in [1.82, 2.24) is 0 Å². The Bertz CT molecular complexity index is 1130. The average molecular weight is 581 g/mol. The molecule has 4 nitrogen and oxygen atoms in total. The molecule has 0 saturated heterocycles. The normalized spacial score (nSPS) is 46.0. The molecule has 0 N–H and O–H groups in total. The first kappa shape index (κ1) is 31.9. The van der Waals surface area contributed by atoms with Crippen molar-refractivity contribution in [2.24, 2.45) is 68.0 Å². The molecule has 0 aromatic heterocycles. The van der Waals surface area contributed by atoms with Crippen LogP contribution in [-0.2, 0) is 19.1 Å². The topological polar surface area (TPSA) is 52.6 Å². The molecule has 236 valence electrons. The molecular formula is C38H60O4. The van der Waals surface area contributed by atoms with E-state index >= 15 is 0 Å². The third-order valence-electron chi connectivity index (χ3n) is 15.2. The minimum absolute atomic E-state index is 0.0479. The molecule has 0 aliphatic heterocycles. The number of fused-ring (bicyclic) bond motifs is 7. The van der Waals surface area contributed by atoms with Gasteiger partial charge in [0.15, 0.2) is 0 Å². The molecule has 5 rings (SSSR count). The second kappa shape index (κ2) is 10.3. The van der Waals surface area contributed by atoms with Gasteiger partial charge in [0.25, 0.3) is 0 Å². The Morgan fingerprint density at radius 2 is 1.57 bits per heavy atom. The first-order valence-corrected chi connectivity index (χ1v) is 17.2. The van der Waals surface area contributed by atoms with Crippen molar-refractivity contribution in [2.45, 2.75) is 139 Å². The van der Waals surface area contributed by atoms with Crippen LogP contribution >= 0.6 is 0 Å². The maximum absolute atomic E-state index is 13.1. The van der Waals surface area contributed by atoms with E-state index in [1.165, 1.54) is 58.5 Å². The molecule has 5 saturated carbocycles. The number of terminal acetylenes is 1. The van der Waals surface area contributed by atoms with Crippen molar-refractivity contribution in [1.29, 1.82) is 0 Å². The lowest BCUT2D eigenvalue weighted by Crippen LogP contribution is -2.66. The van der Waals surface area contributed by atoms with Gasteiger partial charge in [-0.15, -0.1) is 6.42 Å². The number of carbonyl (C=O) groups is 2. The van der Waals surface area contributed by atoms with Crippen LogP contribution in [0.2, 0.25) is 0 Å². The molecule has 5 fully saturated rings. The van der Waals surface area contributed by atoms with Gasteiger partial charge in [-0.1, -0.05) is 54.4 Å². The van der Waals surface area contributed by atoms with Crippen LogP contribution < -0.4 is 0 Å². The fraction of sp³-hybridized carbons (Fsp3) is 0.895. The van der Waals surface area contributed by atoms with Crippen LogP contribution in [-0.4, -0.2) is 25.2 Å². The molecule has 0 radical (unpaired) electrons. The minimum atomic E-state index is -0.884. The maximum atomic E-state index is 13.1. The van der Waals surface area contributed by atoms with E-state index in [1.54, 1.807) is 13.8 Å². The van der Waals surface area contributed by atoms with Gasteiger partial charge in [-0.05, 0) is 130 Å². The lowest BCUT2D eigenvalue weighted by Gasteiger charge is -2.72. The molecule has 5 aliphatic rings. The second-order valence-corrected chi connectivity index (χ2v) is 17.8. The summed E-state index contributed by atoms with van der Waals surface area (Å²) in [6, 6.07) is 0. The molecule has 0 spiro atoms. The third kappa shape index (κ3) is 4.35. The van der Waals surface area contributed by atoms with E-state index < -0.39 is 5.41 Å². The van der Waals surface area contributed by atoms with Gasteiger partial charge >= 0.3 is 11.9 Å². The molecule has 0 aromatic rings. The molecule has 0 bridgehead atoms. The molecular weight excluding hydrogens is 520 g/mol. The van der Waals surface area contributed by atoms with Crippen LogP contribution in [0.1, 0.15) is 133 Å². The lowest BCUT2D eigenvalue weighted by atomic mass is 9.32. The number of hydrogen-bond acceptors (Lipinski definition) is 4. The first-order chi connectivity index (χ1) is 19.4. The Balaban J connectivity index is 1.39. The molecule has 5 unspecified atom stereocenters. The van der Waals surface area contributed by atoms with E-state index in [9.17, 15) is 9.59 Å². The van der Waals surface area contributed by atoms with E-state index in [4.69, 9.17) is 15.9 Å². The summed E-state index contributed by atoms with van der Waals surface area (Å²) in [5.41, 5.74) is -0.0287. The Labute approximate surface area is 257 Å². The highest BCUT2D eigenvalue weighted by molar-refractivity contribution is 5.82. The number of rotatable bonds is 5. The SMILES string of the molecule is C#C[C@]12CCC(C(C)C)C1C1CCC3[C@@]4(C)CC[C@H](OC(=O)CC(C)(C)C(=O)OC)C(C)(C)C4CC[C@@]3(C)[C@]1(C)CC2. The Kier molecular flexibility index (Phi) is 7.80. The quantitative estimate of drug-likeness (QED) is 0.241. The highest BCUT2D eigenvalue weighted by Crippen LogP contribution is 2.77. The smallest absolute Gasteiger partial charge is 0.311 e. The minimum Gasteiger partial charge on any atom is -0.469 e. The zero-order valence-electron chi connectivity index (χ0n) is 28.5. The van der Waals surface area contributed by atoms with E-state index in [2.05, 4.69) is 54.4 Å². The van der Waals surface area contributed by atoms with Crippen molar-refractivity contribution < 1.29 is 19.1 Å². The second-order valence-electron chi connectivity index (χ2n) is 17.8. The predicted molar refractivity (Wildman–Crippen MR) is 168 cm³/mol. The summed E-state index contributed by atoms with van der Waals surface area (Å²) in [5.74, 6) is 6.82. The highest BCUT2D eigenvalue weighted by Gasteiger charge is 2.71. The molecule has 0 heterocycles. The van der Waals surface area contributed by atoms with Crippen molar-refractivity contribution in [3.05, 3.63) is 0 Å². The van der Waals surface area contributed by atoms with Gasteiger partial charge < -0.3 is 9.47 Å². The fourth-order valence-electron chi connectivity index (χ4n) is 12.7. The number of esters is 2. The fourth-order valence-corrected chi connectivity index (χ4v) is 12.7. The van der Waals surface area contributed by atoms with Gasteiger partial charge in [0.1, 0.15) is 6.10 Å². The zero-order chi connectivity index (χ0) is 31.1. The molecule has 42 heavy (non-hydrogen) atoms. The summed E-state index contributed by atoms with van der Waals surface area (Å²) < 4.78 is 11.2. The van der Waals surface area contributed by atoms with Crippen LogP contribution in [0.25, 0.3) is 0 Å². The van der Waals surface area contributed by atoms with Crippen molar-refractivity contribution in [3.63, 3.8) is 0 Å². The van der Waals surface area contributed by atoms with Crippen LogP contribution in [0.15, 0.2) is 0 Å². The average Bonchev–Trinajstić information content (AvgIpc) is 3.30. The van der Waals surface area contributed by atoms with Gasteiger partial charge in [-0.2, -0.15) is 0 Å².